The second-order valence-corrected chi connectivity index (χ2v) is 8.34. The van der Waals surface area contributed by atoms with Gasteiger partial charge in [0.15, 0.2) is 0 Å². The summed E-state index contributed by atoms with van der Waals surface area (Å²) in [5.41, 5.74) is 6.47. The summed E-state index contributed by atoms with van der Waals surface area (Å²) in [5.74, 6) is 0.547. The van der Waals surface area contributed by atoms with Gasteiger partial charge in [-0.25, -0.2) is 13.1 Å². The summed E-state index contributed by atoms with van der Waals surface area (Å²) < 4.78 is 32.3. The smallest absolute Gasteiger partial charge is 0.215 e. The standard InChI is InChI=1S/C15H24N2O3S/c1-15(2)7-6-13(11-15)17-21(18,19)9-8-20-14-5-3-4-12(16)10-14/h3-5,10,13,17H,6-9,11,16H2,1-2H3. The van der Waals surface area contributed by atoms with Crippen LogP contribution in [0.25, 0.3) is 0 Å². The highest BCUT2D eigenvalue weighted by molar-refractivity contribution is 7.89. The van der Waals surface area contributed by atoms with Crippen molar-refractivity contribution in [2.75, 3.05) is 18.1 Å². The van der Waals surface area contributed by atoms with Gasteiger partial charge in [-0.05, 0) is 36.8 Å². The fourth-order valence-electron chi connectivity index (χ4n) is 2.72. The molecule has 0 heterocycles. The summed E-state index contributed by atoms with van der Waals surface area (Å²) in [6.45, 7) is 4.46. The molecule has 1 fully saturated rings. The minimum Gasteiger partial charge on any atom is -0.492 e. The van der Waals surface area contributed by atoms with Crippen molar-refractivity contribution >= 4 is 15.7 Å². The summed E-state index contributed by atoms with van der Waals surface area (Å²) in [7, 11) is -3.30. The summed E-state index contributed by atoms with van der Waals surface area (Å²) in [6, 6.07) is 7.03. The van der Waals surface area contributed by atoms with Crippen molar-refractivity contribution in [2.45, 2.75) is 39.2 Å². The third-order valence-corrected chi connectivity index (χ3v) is 5.19. The number of hydrogen-bond acceptors (Lipinski definition) is 4. The van der Waals surface area contributed by atoms with Crippen LogP contribution in [0.4, 0.5) is 5.69 Å². The van der Waals surface area contributed by atoms with Gasteiger partial charge in [0, 0.05) is 17.8 Å². The van der Waals surface area contributed by atoms with Crippen molar-refractivity contribution in [3.05, 3.63) is 24.3 Å². The number of benzene rings is 1. The molecule has 1 atom stereocenters. The first-order valence-electron chi connectivity index (χ1n) is 7.24. The number of ether oxygens (including phenoxy) is 1. The molecule has 1 aliphatic rings. The molecular weight excluding hydrogens is 288 g/mol. The Hall–Kier alpha value is -1.27. The molecule has 0 amide bonds. The van der Waals surface area contributed by atoms with Crippen molar-refractivity contribution < 1.29 is 13.2 Å². The van der Waals surface area contributed by atoms with Gasteiger partial charge in [-0.2, -0.15) is 0 Å². The minimum absolute atomic E-state index is 0.0429. The molecule has 1 unspecified atom stereocenters. The van der Waals surface area contributed by atoms with Crippen molar-refractivity contribution in [3.63, 3.8) is 0 Å². The summed E-state index contributed by atoms with van der Waals surface area (Å²) in [5, 5.41) is 0. The van der Waals surface area contributed by atoms with Gasteiger partial charge in [0.05, 0.1) is 5.75 Å². The Kier molecular flexibility index (Phi) is 4.78. The van der Waals surface area contributed by atoms with Crippen LogP contribution in [-0.2, 0) is 10.0 Å². The van der Waals surface area contributed by atoms with Crippen molar-refractivity contribution in [3.8, 4) is 5.75 Å². The molecule has 21 heavy (non-hydrogen) atoms. The van der Waals surface area contributed by atoms with E-state index in [9.17, 15) is 8.42 Å². The largest absolute Gasteiger partial charge is 0.492 e. The fraction of sp³-hybridized carbons (Fsp3) is 0.600. The van der Waals surface area contributed by atoms with Gasteiger partial charge in [-0.3, -0.25) is 0 Å². The predicted octanol–water partition coefficient (Wildman–Crippen LogP) is 2.15. The third-order valence-electron chi connectivity index (χ3n) is 3.79. The van der Waals surface area contributed by atoms with Crippen LogP contribution in [-0.4, -0.2) is 26.8 Å². The van der Waals surface area contributed by atoms with Crippen LogP contribution in [0, 0.1) is 5.41 Å². The van der Waals surface area contributed by atoms with Crippen LogP contribution >= 0.6 is 0 Å². The van der Waals surface area contributed by atoms with Gasteiger partial charge >= 0.3 is 0 Å². The van der Waals surface area contributed by atoms with Crippen molar-refractivity contribution in [1.82, 2.24) is 4.72 Å². The summed E-state index contributed by atoms with van der Waals surface area (Å²) >= 11 is 0. The zero-order valence-corrected chi connectivity index (χ0v) is 13.4. The Morgan fingerprint density at radius 3 is 2.81 bits per heavy atom. The van der Waals surface area contributed by atoms with Crippen LogP contribution in [0.5, 0.6) is 5.75 Å². The van der Waals surface area contributed by atoms with Gasteiger partial charge in [0.2, 0.25) is 10.0 Å². The summed E-state index contributed by atoms with van der Waals surface area (Å²) in [6.07, 6.45) is 2.85. The van der Waals surface area contributed by atoms with E-state index < -0.39 is 10.0 Å². The number of nitrogen functional groups attached to an aromatic ring is 1. The van der Waals surface area contributed by atoms with Gasteiger partial charge in [-0.1, -0.05) is 19.9 Å². The van der Waals surface area contributed by atoms with E-state index in [0.717, 1.165) is 19.3 Å². The maximum atomic E-state index is 12.0. The maximum Gasteiger partial charge on any atom is 0.215 e. The number of nitrogens with one attached hydrogen (secondary N) is 1. The zero-order valence-electron chi connectivity index (χ0n) is 12.6. The molecule has 0 saturated heterocycles. The molecular formula is C15H24N2O3S. The van der Waals surface area contributed by atoms with Crippen LogP contribution in [0.3, 0.4) is 0 Å². The Bertz CT molecular complexity index is 584. The third kappa shape index (κ3) is 5.21. The van der Waals surface area contributed by atoms with E-state index in [0.29, 0.717) is 11.4 Å². The molecule has 0 aromatic heterocycles. The lowest BCUT2D eigenvalue weighted by Crippen LogP contribution is -2.36. The Morgan fingerprint density at radius 1 is 1.43 bits per heavy atom. The highest BCUT2D eigenvalue weighted by Crippen LogP contribution is 2.37. The predicted molar refractivity (Wildman–Crippen MR) is 84.7 cm³/mol. The van der Waals surface area contributed by atoms with E-state index in [-0.39, 0.29) is 23.8 Å². The number of nitrogens with two attached hydrogens (primary N) is 1. The first-order chi connectivity index (χ1) is 9.76. The number of anilines is 1. The van der Waals surface area contributed by atoms with E-state index in [4.69, 9.17) is 10.5 Å². The SMILES string of the molecule is CC1(C)CCC(NS(=O)(=O)CCOc2cccc(N)c2)C1. The molecule has 0 radical (unpaired) electrons. The highest BCUT2D eigenvalue weighted by Gasteiger charge is 2.32. The quantitative estimate of drug-likeness (QED) is 0.789. The average molecular weight is 312 g/mol. The van der Waals surface area contributed by atoms with Crippen LogP contribution in [0.2, 0.25) is 0 Å². The second-order valence-electron chi connectivity index (χ2n) is 6.46. The van der Waals surface area contributed by atoms with E-state index in [1.165, 1.54) is 0 Å². The van der Waals surface area contributed by atoms with Crippen LogP contribution in [0.1, 0.15) is 33.1 Å². The molecule has 0 aliphatic heterocycles. The number of sulfonamides is 1. The second kappa shape index (κ2) is 6.23. The Labute approximate surface area is 126 Å². The maximum absolute atomic E-state index is 12.0. The molecule has 5 nitrogen and oxygen atoms in total. The van der Waals surface area contributed by atoms with Crippen molar-refractivity contribution in [2.24, 2.45) is 5.41 Å². The minimum atomic E-state index is -3.30. The molecule has 3 N–H and O–H groups in total. The zero-order chi connectivity index (χ0) is 15.5. The van der Waals surface area contributed by atoms with Gasteiger partial charge in [0.1, 0.15) is 12.4 Å². The molecule has 1 aromatic carbocycles. The molecule has 0 bridgehead atoms. The van der Waals surface area contributed by atoms with E-state index in [2.05, 4.69) is 18.6 Å². The van der Waals surface area contributed by atoms with Gasteiger partial charge in [0.25, 0.3) is 0 Å². The summed E-state index contributed by atoms with van der Waals surface area (Å²) in [4.78, 5) is 0. The lowest BCUT2D eigenvalue weighted by atomic mass is 9.92. The Balaban J connectivity index is 1.79. The first-order valence-corrected chi connectivity index (χ1v) is 8.89. The highest BCUT2D eigenvalue weighted by atomic mass is 32.2. The first kappa shape index (κ1) is 16.1. The number of rotatable bonds is 6. The van der Waals surface area contributed by atoms with E-state index >= 15 is 0 Å². The van der Waals surface area contributed by atoms with Crippen LogP contribution in [0.15, 0.2) is 24.3 Å². The molecule has 1 saturated carbocycles. The molecule has 1 aliphatic carbocycles. The number of hydrogen-bond donors (Lipinski definition) is 2. The monoisotopic (exact) mass is 312 g/mol. The molecule has 6 heteroatoms. The lowest BCUT2D eigenvalue weighted by molar-refractivity contribution is 0.339. The lowest BCUT2D eigenvalue weighted by Gasteiger charge is -2.18. The average Bonchev–Trinajstić information content (AvgIpc) is 2.67. The molecule has 1 aromatic rings. The molecule has 2 rings (SSSR count). The Morgan fingerprint density at radius 2 is 2.19 bits per heavy atom. The van der Waals surface area contributed by atoms with Gasteiger partial charge in [-0.15, -0.1) is 0 Å². The van der Waals surface area contributed by atoms with E-state index in [1.807, 2.05) is 0 Å². The topological polar surface area (TPSA) is 81.4 Å². The van der Waals surface area contributed by atoms with E-state index in [1.54, 1.807) is 24.3 Å². The van der Waals surface area contributed by atoms with Gasteiger partial charge < -0.3 is 10.5 Å². The molecule has 0 spiro atoms. The fourth-order valence-corrected chi connectivity index (χ4v) is 3.85. The molecule has 118 valence electrons. The normalized spacial score (nSPS) is 21.3. The van der Waals surface area contributed by atoms with Crippen LogP contribution < -0.4 is 15.2 Å². The van der Waals surface area contributed by atoms with Crippen molar-refractivity contribution in [1.29, 1.82) is 0 Å².